The third kappa shape index (κ3) is 5.27. The summed E-state index contributed by atoms with van der Waals surface area (Å²) in [6.07, 6.45) is 1.55. The van der Waals surface area contributed by atoms with E-state index in [9.17, 15) is 14.0 Å². The summed E-state index contributed by atoms with van der Waals surface area (Å²) in [7, 11) is 1.57. The number of aryl methyl sites for hydroxylation is 1. The molecule has 158 valence electrons. The van der Waals surface area contributed by atoms with E-state index in [4.69, 9.17) is 20.8 Å². The number of carbonyl (C=O) groups excluding carboxylic acids is 2. The number of hydrogen-bond donors (Lipinski definition) is 1. The van der Waals surface area contributed by atoms with Crippen LogP contribution in [0.4, 0.5) is 9.39 Å². The number of rotatable bonds is 8. The summed E-state index contributed by atoms with van der Waals surface area (Å²) < 4.78 is 23.7. The fourth-order valence-corrected chi connectivity index (χ4v) is 4.09. The van der Waals surface area contributed by atoms with E-state index in [0.29, 0.717) is 35.3 Å². The van der Waals surface area contributed by atoms with Gasteiger partial charge in [0.25, 0.3) is 11.8 Å². The molecular formula is C21H20ClFN2O4S. The molecule has 1 N–H and O–H groups in total. The van der Waals surface area contributed by atoms with Crippen LogP contribution in [0.5, 0.6) is 0 Å². The van der Waals surface area contributed by atoms with Crippen LogP contribution in [0.1, 0.15) is 31.4 Å². The minimum absolute atomic E-state index is 0.0151. The average Bonchev–Trinajstić information content (AvgIpc) is 3.33. The van der Waals surface area contributed by atoms with Crippen molar-refractivity contribution in [1.82, 2.24) is 4.90 Å². The summed E-state index contributed by atoms with van der Waals surface area (Å²) in [5, 5.41) is 3.23. The molecule has 0 bridgehead atoms. The van der Waals surface area contributed by atoms with Crippen molar-refractivity contribution in [1.29, 1.82) is 0 Å². The van der Waals surface area contributed by atoms with E-state index in [1.54, 1.807) is 43.4 Å². The molecule has 2 heterocycles. The van der Waals surface area contributed by atoms with Crippen molar-refractivity contribution in [3.05, 3.63) is 75.3 Å². The molecule has 2 amide bonds. The highest BCUT2D eigenvalue weighted by Crippen LogP contribution is 2.29. The standard InChI is InChI=1S/C21H20ClFN2O4S/c1-13-10-18(24-20(26)16-6-5-14(23)11-17(16)22)30-19(13)21(27)25(7-9-28-2)12-15-4-3-8-29-15/h3-6,8,10-11H,7,9,12H2,1-2H3,(H,24,26). The first kappa shape index (κ1) is 22.0. The third-order valence-corrected chi connectivity index (χ3v) is 5.76. The topological polar surface area (TPSA) is 71.8 Å². The Bertz CT molecular complexity index is 1040. The average molecular weight is 451 g/mol. The molecule has 0 aliphatic heterocycles. The molecular weight excluding hydrogens is 431 g/mol. The van der Waals surface area contributed by atoms with Crippen molar-refractivity contribution in [3.63, 3.8) is 0 Å². The van der Waals surface area contributed by atoms with Crippen molar-refractivity contribution in [2.75, 3.05) is 25.6 Å². The van der Waals surface area contributed by atoms with Gasteiger partial charge in [0.1, 0.15) is 11.6 Å². The molecule has 0 aliphatic rings. The summed E-state index contributed by atoms with van der Waals surface area (Å²) >= 11 is 7.12. The molecule has 0 radical (unpaired) electrons. The van der Waals surface area contributed by atoms with Crippen LogP contribution in [0.2, 0.25) is 5.02 Å². The second-order valence-corrected chi connectivity index (χ2v) is 7.96. The highest BCUT2D eigenvalue weighted by atomic mass is 35.5. The number of carbonyl (C=O) groups is 2. The van der Waals surface area contributed by atoms with E-state index >= 15 is 0 Å². The molecule has 0 atom stereocenters. The Labute approximate surface area is 182 Å². The lowest BCUT2D eigenvalue weighted by molar-refractivity contribution is 0.0670. The fraction of sp³-hybridized carbons (Fsp3) is 0.238. The van der Waals surface area contributed by atoms with Crippen molar-refractivity contribution < 1.29 is 23.1 Å². The van der Waals surface area contributed by atoms with Gasteiger partial charge in [-0.25, -0.2) is 4.39 Å². The molecule has 0 fully saturated rings. The molecule has 0 saturated heterocycles. The molecule has 9 heteroatoms. The zero-order valence-electron chi connectivity index (χ0n) is 16.4. The number of ether oxygens (including phenoxy) is 1. The Balaban J connectivity index is 1.77. The largest absolute Gasteiger partial charge is 0.467 e. The summed E-state index contributed by atoms with van der Waals surface area (Å²) in [5.74, 6) is -0.532. The number of methoxy groups -OCH3 is 1. The predicted octanol–water partition coefficient (Wildman–Crippen LogP) is 4.98. The van der Waals surface area contributed by atoms with Crippen LogP contribution in [0.3, 0.4) is 0 Å². The molecule has 30 heavy (non-hydrogen) atoms. The zero-order valence-corrected chi connectivity index (χ0v) is 18.0. The first-order valence-corrected chi connectivity index (χ1v) is 10.3. The zero-order chi connectivity index (χ0) is 21.7. The number of nitrogens with one attached hydrogen (secondary N) is 1. The molecule has 1 aromatic carbocycles. The second-order valence-electron chi connectivity index (χ2n) is 6.50. The quantitative estimate of drug-likeness (QED) is 0.525. The Morgan fingerprint density at radius 2 is 2.10 bits per heavy atom. The van der Waals surface area contributed by atoms with Gasteiger partial charge in [0.15, 0.2) is 0 Å². The van der Waals surface area contributed by atoms with Crippen LogP contribution in [-0.2, 0) is 11.3 Å². The van der Waals surface area contributed by atoms with Crippen LogP contribution < -0.4 is 5.32 Å². The SMILES string of the molecule is COCCN(Cc1ccco1)C(=O)c1sc(NC(=O)c2ccc(F)cc2Cl)cc1C. The number of hydrogen-bond acceptors (Lipinski definition) is 5. The van der Waals surface area contributed by atoms with Crippen molar-refractivity contribution in [3.8, 4) is 0 Å². The molecule has 0 spiro atoms. The normalized spacial score (nSPS) is 10.8. The Morgan fingerprint density at radius 3 is 2.77 bits per heavy atom. The Hall–Kier alpha value is -2.68. The first-order valence-electron chi connectivity index (χ1n) is 9.06. The van der Waals surface area contributed by atoms with Gasteiger partial charge < -0.3 is 19.4 Å². The van der Waals surface area contributed by atoms with Gasteiger partial charge in [-0.3, -0.25) is 9.59 Å². The molecule has 3 aromatic rings. The number of anilines is 1. The van der Waals surface area contributed by atoms with Gasteiger partial charge in [0.2, 0.25) is 0 Å². The molecule has 0 aliphatic carbocycles. The van der Waals surface area contributed by atoms with Gasteiger partial charge in [-0.05, 0) is 48.9 Å². The first-order chi connectivity index (χ1) is 14.4. The van der Waals surface area contributed by atoms with E-state index in [2.05, 4.69) is 5.32 Å². The summed E-state index contributed by atoms with van der Waals surface area (Å²) in [6, 6.07) is 8.83. The van der Waals surface area contributed by atoms with Gasteiger partial charge in [0, 0.05) is 13.7 Å². The lowest BCUT2D eigenvalue weighted by Gasteiger charge is -2.21. The fourth-order valence-electron chi connectivity index (χ4n) is 2.80. The van der Waals surface area contributed by atoms with Gasteiger partial charge >= 0.3 is 0 Å². The van der Waals surface area contributed by atoms with Crippen molar-refractivity contribution in [2.24, 2.45) is 0 Å². The second kappa shape index (κ2) is 9.88. The summed E-state index contributed by atoms with van der Waals surface area (Å²) in [5.41, 5.74) is 0.879. The van der Waals surface area contributed by atoms with E-state index in [-0.39, 0.29) is 16.5 Å². The lowest BCUT2D eigenvalue weighted by Crippen LogP contribution is -2.33. The Morgan fingerprint density at radius 1 is 1.30 bits per heavy atom. The summed E-state index contributed by atoms with van der Waals surface area (Å²) in [6.45, 7) is 2.87. The monoisotopic (exact) mass is 450 g/mol. The van der Waals surface area contributed by atoms with Gasteiger partial charge in [0.05, 0.1) is 39.9 Å². The van der Waals surface area contributed by atoms with E-state index in [0.717, 1.165) is 29.0 Å². The number of halogens is 2. The van der Waals surface area contributed by atoms with Gasteiger partial charge in [-0.1, -0.05) is 11.6 Å². The molecule has 0 unspecified atom stereocenters. The maximum Gasteiger partial charge on any atom is 0.264 e. The molecule has 6 nitrogen and oxygen atoms in total. The number of nitrogens with zero attached hydrogens (tertiary/aromatic N) is 1. The molecule has 0 saturated carbocycles. The van der Waals surface area contributed by atoms with Gasteiger partial charge in [-0.15, -0.1) is 11.3 Å². The smallest absolute Gasteiger partial charge is 0.264 e. The molecule has 3 rings (SSSR count). The van der Waals surface area contributed by atoms with E-state index in [1.807, 2.05) is 0 Å². The predicted molar refractivity (Wildman–Crippen MR) is 114 cm³/mol. The molecule has 2 aromatic heterocycles. The van der Waals surface area contributed by atoms with Gasteiger partial charge in [-0.2, -0.15) is 0 Å². The number of thiophene rings is 1. The minimum Gasteiger partial charge on any atom is -0.467 e. The Kier molecular flexibility index (Phi) is 7.25. The number of benzene rings is 1. The lowest BCUT2D eigenvalue weighted by atomic mass is 10.2. The van der Waals surface area contributed by atoms with E-state index in [1.165, 1.54) is 6.07 Å². The van der Waals surface area contributed by atoms with Crippen LogP contribution in [0.25, 0.3) is 0 Å². The summed E-state index contributed by atoms with van der Waals surface area (Å²) in [4.78, 5) is 27.7. The van der Waals surface area contributed by atoms with Crippen LogP contribution in [-0.4, -0.2) is 37.0 Å². The van der Waals surface area contributed by atoms with Crippen molar-refractivity contribution in [2.45, 2.75) is 13.5 Å². The highest BCUT2D eigenvalue weighted by molar-refractivity contribution is 7.18. The maximum absolute atomic E-state index is 13.2. The van der Waals surface area contributed by atoms with Crippen molar-refractivity contribution >= 4 is 39.8 Å². The van der Waals surface area contributed by atoms with Crippen LogP contribution >= 0.6 is 22.9 Å². The number of amides is 2. The van der Waals surface area contributed by atoms with E-state index < -0.39 is 11.7 Å². The minimum atomic E-state index is -0.524. The highest BCUT2D eigenvalue weighted by Gasteiger charge is 2.22. The van der Waals surface area contributed by atoms with Crippen LogP contribution in [0, 0.1) is 12.7 Å². The maximum atomic E-state index is 13.2. The van der Waals surface area contributed by atoms with Crippen LogP contribution in [0.15, 0.2) is 47.1 Å². The third-order valence-electron chi connectivity index (χ3n) is 4.30. The number of furan rings is 1.